The van der Waals surface area contributed by atoms with E-state index in [1.165, 1.54) is 0 Å². The molecular formula is C8H12O4S. The molecule has 0 aromatic carbocycles. The van der Waals surface area contributed by atoms with Gasteiger partial charge in [0.1, 0.15) is 6.10 Å². The number of ether oxygens (including phenoxy) is 1. The highest BCUT2D eigenvalue weighted by molar-refractivity contribution is 7.91. The third kappa shape index (κ3) is 2.21. The molecule has 1 unspecified atom stereocenters. The van der Waals surface area contributed by atoms with Crippen molar-refractivity contribution >= 4 is 15.8 Å². The van der Waals surface area contributed by atoms with Crippen LogP contribution in [0.15, 0.2) is 0 Å². The fourth-order valence-electron chi connectivity index (χ4n) is 1.43. The molecule has 1 aliphatic heterocycles. The van der Waals surface area contributed by atoms with Crippen LogP contribution in [0.1, 0.15) is 19.3 Å². The second kappa shape index (κ2) is 2.97. The highest BCUT2D eigenvalue weighted by Gasteiger charge is 2.36. The predicted octanol–water partition coefficient (Wildman–Crippen LogP) is 0.127. The molecule has 4 nitrogen and oxygen atoms in total. The number of carbonyl (C=O) groups excluding carboxylic acids is 1. The van der Waals surface area contributed by atoms with Crippen molar-refractivity contribution in [2.75, 3.05) is 11.5 Å². The highest BCUT2D eigenvalue weighted by Crippen LogP contribution is 2.31. The Balaban J connectivity index is 1.86. The quantitative estimate of drug-likeness (QED) is 0.600. The van der Waals surface area contributed by atoms with Gasteiger partial charge in [0, 0.05) is 0 Å². The van der Waals surface area contributed by atoms with Crippen molar-refractivity contribution in [1.82, 2.24) is 0 Å². The molecule has 1 saturated heterocycles. The lowest BCUT2D eigenvalue weighted by Gasteiger charge is -2.08. The van der Waals surface area contributed by atoms with E-state index in [1.54, 1.807) is 0 Å². The summed E-state index contributed by atoms with van der Waals surface area (Å²) in [5, 5.41) is 0. The molecule has 0 aromatic rings. The smallest absolute Gasteiger partial charge is 0.309 e. The first-order chi connectivity index (χ1) is 6.07. The van der Waals surface area contributed by atoms with Gasteiger partial charge in [0.25, 0.3) is 0 Å². The fourth-order valence-corrected chi connectivity index (χ4v) is 3.02. The minimum Gasteiger partial charge on any atom is -0.461 e. The monoisotopic (exact) mass is 204 g/mol. The molecule has 74 valence electrons. The summed E-state index contributed by atoms with van der Waals surface area (Å²) in [6.07, 6.45) is 1.90. The number of esters is 1. The Morgan fingerprint density at radius 1 is 1.23 bits per heavy atom. The summed E-state index contributed by atoms with van der Waals surface area (Å²) >= 11 is 0. The predicted molar refractivity (Wildman–Crippen MR) is 45.9 cm³/mol. The summed E-state index contributed by atoms with van der Waals surface area (Å²) in [6, 6.07) is 0. The highest BCUT2D eigenvalue weighted by atomic mass is 32.2. The molecular weight excluding hydrogens is 192 g/mol. The molecule has 0 amide bonds. The van der Waals surface area contributed by atoms with Gasteiger partial charge in [-0.25, -0.2) is 8.42 Å². The van der Waals surface area contributed by atoms with Gasteiger partial charge in [0.05, 0.1) is 17.4 Å². The van der Waals surface area contributed by atoms with Gasteiger partial charge < -0.3 is 4.74 Å². The number of sulfone groups is 1. The molecule has 0 bridgehead atoms. The number of rotatable bonds is 2. The average molecular weight is 204 g/mol. The second-order valence-corrected chi connectivity index (χ2v) is 5.96. The van der Waals surface area contributed by atoms with Crippen LogP contribution in [0.3, 0.4) is 0 Å². The molecule has 1 heterocycles. The summed E-state index contributed by atoms with van der Waals surface area (Å²) in [5.74, 6) is 0.0338. The first-order valence-corrected chi connectivity index (χ1v) is 6.30. The third-order valence-electron chi connectivity index (χ3n) is 2.38. The van der Waals surface area contributed by atoms with Crippen LogP contribution >= 0.6 is 0 Å². The molecule has 5 heteroatoms. The molecule has 1 saturated carbocycles. The number of carbonyl (C=O) groups is 1. The normalized spacial score (nSPS) is 31.5. The van der Waals surface area contributed by atoms with Gasteiger partial charge in [-0.1, -0.05) is 0 Å². The Morgan fingerprint density at radius 2 is 1.92 bits per heavy atom. The van der Waals surface area contributed by atoms with Crippen LogP contribution in [0.4, 0.5) is 0 Å². The zero-order valence-electron chi connectivity index (χ0n) is 7.23. The first-order valence-electron chi connectivity index (χ1n) is 4.48. The van der Waals surface area contributed by atoms with E-state index in [4.69, 9.17) is 4.74 Å². The van der Waals surface area contributed by atoms with E-state index in [-0.39, 0.29) is 29.5 Å². The van der Waals surface area contributed by atoms with Crippen molar-refractivity contribution in [2.24, 2.45) is 5.92 Å². The summed E-state index contributed by atoms with van der Waals surface area (Å²) in [6.45, 7) is 0. The molecule has 1 atom stereocenters. The van der Waals surface area contributed by atoms with Crippen LogP contribution in [-0.2, 0) is 19.4 Å². The number of hydrogen-bond acceptors (Lipinski definition) is 4. The van der Waals surface area contributed by atoms with Crippen molar-refractivity contribution in [1.29, 1.82) is 0 Å². The molecule has 0 aromatic heterocycles. The molecule has 0 N–H and O–H groups in total. The first kappa shape index (κ1) is 8.99. The largest absolute Gasteiger partial charge is 0.461 e. The lowest BCUT2D eigenvalue weighted by molar-refractivity contribution is -0.149. The zero-order valence-corrected chi connectivity index (χ0v) is 8.05. The van der Waals surface area contributed by atoms with Gasteiger partial charge in [-0.15, -0.1) is 0 Å². The van der Waals surface area contributed by atoms with Crippen molar-refractivity contribution < 1.29 is 17.9 Å². The molecule has 2 aliphatic rings. The molecule has 0 radical (unpaired) electrons. The van der Waals surface area contributed by atoms with Crippen LogP contribution < -0.4 is 0 Å². The van der Waals surface area contributed by atoms with Crippen molar-refractivity contribution in [2.45, 2.75) is 25.4 Å². The lowest BCUT2D eigenvalue weighted by atomic mass is 10.3. The van der Waals surface area contributed by atoms with Gasteiger partial charge in [0.2, 0.25) is 0 Å². The van der Waals surface area contributed by atoms with E-state index in [9.17, 15) is 13.2 Å². The van der Waals surface area contributed by atoms with Crippen molar-refractivity contribution in [3.63, 3.8) is 0 Å². The summed E-state index contributed by atoms with van der Waals surface area (Å²) in [5.41, 5.74) is 0. The maximum absolute atomic E-state index is 11.2. The lowest BCUT2D eigenvalue weighted by Crippen LogP contribution is -2.20. The molecule has 0 spiro atoms. The van der Waals surface area contributed by atoms with Crippen LogP contribution in [0.25, 0.3) is 0 Å². The van der Waals surface area contributed by atoms with Gasteiger partial charge in [-0.05, 0) is 19.3 Å². The molecule has 1 aliphatic carbocycles. The van der Waals surface area contributed by atoms with Crippen molar-refractivity contribution in [3.05, 3.63) is 0 Å². The molecule has 13 heavy (non-hydrogen) atoms. The van der Waals surface area contributed by atoms with E-state index in [2.05, 4.69) is 0 Å². The maximum Gasteiger partial charge on any atom is 0.309 e. The second-order valence-electron chi connectivity index (χ2n) is 3.74. The van der Waals surface area contributed by atoms with Gasteiger partial charge in [0.15, 0.2) is 9.84 Å². The van der Waals surface area contributed by atoms with Gasteiger partial charge in [-0.2, -0.15) is 0 Å². The van der Waals surface area contributed by atoms with Gasteiger partial charge in [-0.3, -0.25) is 4.79 Å². The van der Waals surface area contributed by atoms with E-state index in [0.717, 1.165) is 12.8 Å². The summed E-state index contributed by atoms with van der Waals surface area (Å²) in [4.78, 5) is 11.2. The van der Waals surface area contributed by atoms with E-state index in [0.29, 0.717) is 6.42 Å². The third-order valence-corrected chi connectivity index (χ3v) is 4.12. The van der Waals surface area contributed by atoms with Crippen LogP contribution in [-0.4, -0.2) is 32.0 Å². The van der Waals surface area contributed by atoms with Crippen LogP contribution in [0.2, 0.25) is 0 Å². The molecule has 2 fully saturated rings. The average Bonchev–Trinajstić information content (AvgIpc) is 2.78. The minimum atomic E-state index is -2.92. The fraction of sp³-hybridized carbons (Fsp3) is 0.875. The van der Waals surface area contributed by atoms with Crippen molar-refractivity contribution in [3.8, 4) is 0 Å². The summed E-state index contributed by atoms with van der Waals surface area (Å²) in [7, 11) is -2.92. The van der Waals surface area contributed by atoms with E-state index in [1.807, 2.05) is 0 Å². The van der Waals surface area contributed by atoms with E-state index >= 15 is 0 Å². The Morgan fingerprint density at radius 3 is 2.38 bits per heavy atom. The van der Waals surface area contributed by atoms with E-state index < -0.39 is 9.84 Å². The SMILES string of the molecule is O=C(OC1CCS(=O)(=O)C1)C1CC1. The zero-order chi connectivity index (χ0) is 9.47. The topological polar surface area (TPSA) is 60.4 Å². The number of hydrogen-bond donors (Lipinski definition) is 0. The Kier molecular flexibility index (Phi) is 2.06. The van der Waals surface area contributed by atoms with Crippen LogP contribution in [0, 0.1) is 5.92 Å². The Hall–Kier alpha value is -0.580. The summed E-state index contributed by atoms with van der Waals surface area (Å²) < 4.78 is 27.1. The van der Waals surface area contributed by atoms with Crippen LogP contribution in [0.5, 0.6) is 0 Å². The minimum absolute atomic E-state index is 0.0193. The van der Waals surface area contributed by atoms with Gasteiger partial charge >= 0.3 is 5.97 Å². The Labute approximate surface area is 77.2 Å². The Bertz CT molecular complexity index is 315. The maximum atomic E-state index is 11.2. The molecule has 2 rings (SSSR count). The standard InChI is InChI=1S/C8H12O4S/c9-8(6-1-2-6)12-7-3-4-13(10,11)5-7/h6-7H,1-5H2.